The number of anilines is 1. The molecule has 2 atom stereocenters. The van der Waals surface area contributed by atoms with Crippen molar-refractivity contribution in [3.63, 3.8) is 0 Å². The molecule has 1 aliphatic rings. The molecule has 0 fully saturated rings. The molecule has 0 saturated heterocycles. The van der Waals surface area contributed by atoms with Crippen molar-refractivity contribution >= 4 is 23.4 Å². The van der Waals surface area contributed by atoms with Crippen LogP contribution in [0.2, 0.25) is 0 Å². The number of ether oxygens (including phenoxy) is 1. The first kappa shape index (κ1) is 21.3. The second kappa shape index (κ2) is 8.96. The number of carbonyl (C=O) groups excluding carboxylic acids is 3. The van der Waals surface area contributed by atoms with Gasteiger partial charge in [-0.05, 0) is 37.9 Å². The van der Waals surface area contributed by atoms with Gasteiger partial charge in [-0.3, -0.25) is 14.4 Å². The Hall–Kier alpha value is -3.39. The van der Waals surface area contributed by atoms with E-state index in [1.54, 1.807) is 32.4 Å². The van der Waals surface area contributed by atoms with Gasteiger partial charge in [-0.25, -0.2) is 0 Å². The predicted octanol–water partition coefficient (Wildman–Crippen LogP) is 1.25. The zero-order valence-electron chi connectivity index (χ0n) is 17.5. The lowest BCUT2D eigenvalue weighted by atomic mass is 10.1. The number of para-hydroxylation sites is 1. The van der Waals surface area contributed by atoms with Crippen LogP contribution in [0.3, 0.4) is 0 Å². The van der Waals surface area contributed by atoms with Crippen molar-refractivity contribution in [2.75, 3.05) is 39.7 Å². The first-order valence-electron chi connectivity index (χ1n) is 9.59. The molecule has 3 rings (SSSR count). The van der Waals surface area contributed by atoms with Crippen LogP contribution in [0.25, 0.3) is 0 Å². The maximum atomic E-state index is 12.5. The molecule has 2 N–H and O–H groups in total. The fraction of sp³-hybridized carbons (Fsp3) is 0.318. The van der Waals surface area contributed by atoms with Crippen LogP contribution in [0.15, 0.2) is 48.5 Å². The van der Waals surface area contributed by atoms with Crippen LogP contribution < -0.4 is 20.3 Å². The van der Waals surface area contributed by atoms with Crippen LogP contribution in [0.4, 0.5) is 5.69 Å². The molecule has 2 aromatic rings. The lowest BCUT2D eigenvalue weighted by molar-refractivity contribution is -0.140. The Morgan fingerprint density at radius 3 is 2.40 bits per heavy atom. The number of carbonyl (C=O) groups is 3. The molecule has 8 nitrogen and oxygen atoms in total. The fourth-order valence-electron chi connectivity index (χ4n) is 3.51. The standard InChI is InChI=1S/C22H26N4O4/c1-25(2)18(14-9-11-15(30-4)12-10-14)13-23-20(27)21(28)24-19-16-7-5-6-8-17(16)26(3)22(19)29/h5-12,18-19H,13H2,1-4H3,(H,23,27)(H,24,28)/t18-,19-/m1/s1. The second-order valence-corrected chi connectivity index (χ2v) is 7.33. The Morgan fingerprint density at radius 1 is 1.10 bits per heavy atom. The number of hydrogen-bond acceptors (Lipinski definition) is 5. The van der Waals surface area contributed by atoms with Crippen molar-refractivity contribution < 1.29 is 19.1 Å². The van der Waals surface area contributed by atoms with Crippen LogP contribution in [0, 0.1) is 0 Å². The molecule has 8 heteroatoms. The van der Waals surface area contributed by atoms with Gasteiger partial charge in [0.2, 0.25) is 0 Å². The van der Waals surface area contributed by atoms with Crippen LogP contribution >= 0.6 is 0 Å². The number of hydrogen-bond donors (Lipinski definition) is 2. The molecular weight excluding hydrogens is 384 g/mol. The van der Waals surface area contributed by atoms with Crippen molar-refractivity contribution in [1.29, 1.82) is 0 Å². The second-order valence-electron chi connectivity index (χ2n) is 7.33. The van der Waals surface area contributed by atoms with Crippen molar-refractivity contribution in [3.8, 4) is 5.75 Å². The number of nitrogens with zero attached hydrogens (tertiary/aromatic N) is 2. The molecule has 0 bridgehead atoms. The van der Waals surface area contributed by atoms with Gasteiger partial charge in [-0.15, -0.1) is 0 Å². The molecule has 0 aliphatic carbocycles. The fourth-order valence-corrected chi connectivity index (χ4v) is 3.51. The van der Waals surface area contributed by atoms with Crippen LogP contribution in [-0.2, 0) is 14.4 Å². The Balaban J connectivity index is 1.63. The summed E-state index contributed by atoms with van der Waals surface area (Å²) in [4.78, 5) is 40.7. The molecule has 3 amide bonds. The summed E-state index contributed by atoms with van der Waals surface area (Å²) in [5, 5.41) is 5.22. The highest BCUT2D eigenvalue weighted by Gasteiger charge is 2.36. The Labute approximate surface area is 175 Å². The summed E-state index contributed by atoms with van der Waals surface area (Å²) in [5.41, 5.74) is 2.37. The normalized spacial score (nSPS) is 16.2. The summed E-state index contributed by atoms with van der Waals surface area (Å²) in [6.45, 7) is 0.237. The molecule has 1 heterocycles. The van der Waals surface area contributed by atoms with E-state index in [0.717, 1.165) is 17.0 Å². The maximum Gasteiger partial charge on any atom is 0.310 e. The summed E-state index contributed by atoms with van der Waals surface area (Å²) >= 11 is 0. The van der Waals surface area contributed by atoms with E-state index in [0.29, 0.717) is 5.56 Å². The van der Waals surface area contributed by atoms with E-state index < -0.39 is 17.9 Å². The van der Waals surface area contributed by atoms with Gasteiger partial charge in [0.1, 0.15) is 11.8 Å². The van der Waals surface area contributed by atoms with Gasteiger partial charge >= 0.3 is 11.8 Å². The number of nitrogens with one attached hydrogen (secondary N) is 2. The molecule has 0 spiro atoms. The first-order valence-corrected chi connectivity index (χ1v) is 9.59. The summed E-state index contributed by atoms with van der Waals surface area (Å²) in [6, 6.07) is 13.7. The van der Waals surface area contributed by atoms with Crippen LogP contribution in [0.5, 0.6) is 5.75 Å². The number of likely N-dealkylation sites (N-methyl/N-ethyl adjacent to an activating group) is 2. The van der Waals surface area contributed by atoms with E-state index in [4.69, 9.17) is 4.74 Å². The highest BCUT2D eigenvalue weighted by Crippen LogP contribution is 2.34. The molecule has 0 unspecified atom stereocenters. The van der Waals surface area contributed by atoms with E-state index in [9.17, 15) is 14.4 Å². The van der Waals surface area contributed by atoms with Crippen LogP contribution in [0.1, 0.15) is 23.2 Å². The third-order valence-electron chi connectivity index (χ3n) is 5.25. The molecule has 1 aliphatic heterocycles. The largest absolute Gasteiger partial charge is 0.497 e. The SMILES string of the molecule is COc1ccc([C@@H](CNC(=O)C(=O)N[C@H]2C(=O)N(C)c3ccccc32)N(C)C)cc1. The van der Waals surface area contributed by atoms with Crippen molar-refractivity contribution in [1.82, 2.24) is 15.5 Å². The van der Waals surface area contributed by atoms with Gasteiger partial charge in [0.15, 0.2) is 0 Å². The highest BCUT2D eigenvalue weighted by atomic mass is 16.5. The van der Waals surface area contributed by atoms with E-state index in [2.05, 4.69) is 10.6 Å². The van der Waals surface area contributed by atoms with E-state index in [-0.39, 0.29) is 18.5 Å². The van der Waals surface area contributed by atoms with Crippen molar-refractivity contribution in [3.05, 3.63) is 59.7 Å². The van der Waals surface area contributed by atoms with E-state index in [1.807, 2.05) is 49.3 Å². The van der Waals surface area contributed by atoms with E-state index >= 15 is 0 Å². The molecule has 30 heavy (non-hydrogen) atoms. The Kier molecular flexibility index (Phi) is 6.37. The minimum absolute atomic E-state index is 0.132. The quantitative estimate of drug-likeness (QED) is 0.700. The monoisotopic (exact) mass is 410 g/mol. The number of benzene rings is 2. The van der Waals surface area contributed by atoms with E-state index in [1.165, 1.54) is 4.90 Å². The third kappa shape index (κ3) is 4.28. The molecule has 2 aromatic carbocycles. The molecule has 158 valence electrons. The molecule has 0 saturated carbocycles. The third-order valence-corrected chi connectivity index (χ3v) is 5.25. The zero-order valence-corrected chi connectivity index (χ0v) is 17.5. The lowest BCUT2D eigenvalue weighted by Gasteiger charge is -2.25. The number of methoxy groups -OCH3 is 1. The highest BCUT2D eigenvalue weighted by molar-refractivity contribution is 6.35. The molecular formula is C22H26N4O4. The maximum absolute atomic E-state index is 12.5. The van der Waals surface area contributed by atoms with Crippen LogP contribution in [-0.4, -0.2) is 57.4 Å². The van der Waals surface area contributed by atoms with Crippen molar-refractivity contribution in [2.24, 2.45) is 0 Å². The molecule has 0 radical (unpaired) electrons. The van der Waals surface area contributed by atoms with Gasteiger partial charge in [0.25, 0.3) is 5.91 Å². The summed E-state index contributed by atoms with van der Waals surface area (Å²) in [7, 11) is 7.03. The van der Waals surface area contributed by atoms with Gasteiger partial charge in [-0.1, -0.05) is 30.3 Å². The Bertz CT molecular complexity index is 942. The average Bonchev–Trinajstić information content (AvgIpc) is 2.99. The minimum Gasteiger partial charge on any atom is -0.497 e. The Morgan fingerprint density at radius 2 is 1.77 bits per heavy atom. The minimum atomic E-state index is -0.865. The van der Waals surface area contributed by atoms with Crippen molar-refractivity contribution in [2.45, 2.75) is 12.1 Å². The van der Waals surface area contributed by atoms with Gasteiger partial charge in [0, 0.05) is 24.8 Å². The number of fused-ring (bicyclic) bond motifs is 1. The van der Waals surface area contributed by atoms with Gasteiger partial charge in [-0.2, -0.15) is 0 Å². The number of amides is 3. The predicted molar refractivity (Wildman–Crippen MR) is 113 cm³/mol. The van der Waals surface area contributed by atoms with Gasteiger partial charge in [0.05, 0.1) is 13.2 Å². The topological polar surface area (TPSA) is 91.0 Å². The zero-order chi connectivity index (χ0) is 21.8. The summed E-state index contributed by atoms with van der Waals surface area (Å²) < 4.78 is 5.18. The first-order chi connectivity index (χ1) is 14.3. The smallest absolute Gasteiger partial charge is 0.310 e. The molecule has 0 aromatic heterocycles. The lowest BCUT2D eigenvalue weighted by Crippen LogP contribution is -2.45. The average molecular weight is 410 g/mol. The van der Waals surface area contributed by atoms with Gasteiger partial charge < -0.3 is 25.2 Å². The summed E-state index contributed by atoms with van der Waals surface area (Å²) in [5.74, 6) is -1.16. The number of rotatable bonds is 6. The summed E-state index contributed by atoms with van der Waals surface area (Å²) in [6.07, 6.45) is 0.